The molecule has 0 amide bonds. The fraction of sp³-hybridized carbons (Fsp3) is 0.571. The third-order valence-corrected chi connectivity index (χ3v) is 3.37. The van der Waals surface area contributed by atoms with E-state index in [0.717, 1.165) is 25.2 Å². The molecule has 0 aliphatic heterocycles. The lowest BCUT2D eigenvalue weighted by molar-refractivity contribution is 0.270. The van der Waals surface area contributed by atoms with Gasteiger partial charge in [-0.2, -0.15) is 0 Å². The smallest absolute Gasteiger partial charge is 0.142 e. The number of hydrogen-bond acceptors (Lipinski definition) is 2. The quantitative estimate of drug-likeness (QED) is 0.819. The van der Waals surface area contributed by atoms with Crippen LogP contribution in [0.5, 0.6) is 0 Å². The molecule has 0 saturated carbocycles. The number of hydrogen-bond donors (Lipinski definition) is 1. The van der Waals surface area contributed by atoms with Crippen molar-refractivity contribution < 1.29 is 4.39 Å². The Bertz CT molecular complexity index is 367. The summed E-state index contributed by atoms with van der Waals surface area (Å²) in [6, 6.07) is 5.31. The van der Waals surface area contributed by atoms with Crippen LogP contribution in [0.2, 0.25) is 5.02 Å². The number of halogens is 2. The maximum Gasteiger partial charge on any atom is 0.142 e. The van der Waals surface area contributed by atoms with E-state index in [1.54, 1.807) is 6.07 Å². The van der Waals surface area contributed by atoms with E-state index in [-0.39, 0.29) is 10.8 Å². The van der Waals surface area contributed by atoms with Gasteiger partial charge >= 0.3 is 0 Å². The first-order chi connectivity index (χ1) is 8.56. The molecular weight excluding hydrogens is 251 g/mol. The van der Waals surface area contributed by atoms with Gasteiger partial charge in [0.15, 0.2) is 0 Å². The Labute approximate surface area is 114 Å². The topological polar surface area (TPSA) is 15.3 Å². The molecule has 0 heterocycles. The van der Waals surface area contributed by atoms with Crippen LogP contribution in [-0.4, -0.2) is 30.6 Å². The second kappa shape index (κ2) is 7.72. The van der Waals surface area contributed by atoms with Gasteiger partial charge in [0.2, 0.25) is 0 Å². The monoisotopic (exact) mass is 272 g/mol. The van der Waals surface area contributed by atoms with Crippen molar-refractivity contribution in [2.45, 2.75) is 33.4 Å². The van der Waals surface area contributed by atoms with E-state index in [0.29, 0.717) is 12.6 Å². The molecule has 18 heavy (non-hydrogen) atoms. The lowest BCUT2D eigenvalue weighted by Gasteiger charge is -2.23. The van der Waals surface area contributed by atoms with Crippen molar-refractivity contribution in [1.29, 1.82) is 0 Å². The van der Waals surface area contributed by atoms with E-state index >= 15 is 0 Å². The van der Waals surface area contributed by atoms with Gasteiger partial charge in [0.1, 0.15) is 5.82 Å². The Morgan fingerprint density at radius 3 is 2.56 bits per heavy atom. The molecule has 0 aliphatic rings. The average molecular weight is 273 g/mol. The van der Waals surface area contributed by atoms with E-state index in [4.69, 9.17) is 11.6 Å². The number of benzene rings is 1. The molecule has 4 heteroatoms. The normalized spacial score (nSPS) is 13.0. The highest BCUT2D eigenvalue weighted by molar-refractivity contribution is 6.30. The standard InChI is InChI=1S/C14H22ClFN2/c1-4-18(5-2)10-11(3)17-9-12-6-7-13(15)14(16)8-12/h6-8,11,17H,4-5,9-10H2,1-3H3. The Kier molecular flexibility index (Phi) is 6.61. The minimum Gasteiger partial charge on any atom is -0.309 e. The SMILES string of the molecule is CCN(CC)CC(C)NCc1ccc(Cl)c(F)c1. The maximum atomic E-state index is 13.3. The first kappa shape index (κ1) is 15.4. The highest BCUT2D eigenvalue weighted by Gasteiger charge is 2.07. The highest BCUT2D eigenvalue weighted by atomic mass is 35.5. The van der Waals surface area contributed by atoms with E-state index in [1.807, 2.05) is 6.07 Å². The largest absolute Gasteiger partial charge is 0.309 e. The molecule has 0 bridgehead atoms. The summed E-state index contributed by atoms with van der Waals surface area (Å²) >= 11 is 5.65. The fourth-order valence-corrected chi connectivity index (χ4v) is 1.99. The van der Waals surface area contributed by atoms with Crippen molar-refractivity contribution in [1.82, 2.24) is 10.2 Å². The van der Waals surface area contributed by atoms with E-state index in [2.05, 4.69) is 31.0 Å². The maximum absolute atomic E-state index is 13.3. The van der Waals surface area contributed by atoms with E-state index < -0.39 is 0 Å². The summed E-state index contributed by atoms with van der Waals surface area (Å²) in [4.78, 5) is 2.36. The van der Waals surface area contributed by atoms with Crippen molar-refractivity contribution in [3.05, 3.63) is 34.6 Å². The summed E-state index contributed by atoms with van der Waals surface area (Å²) in [6.07, 6.45) is 0. The molecule has 1 unspecified atom stereocenters. The number of rotatable bonds is 7. The van der Waals surface area contributed by atoms with Crippen LogP contribution in [-0.2, 0) is 6.54 Å². The van der Waals surface area contributed by atoms with Gasteiger partial charge in [-0.1, -0.05) is 31.5 Å². The predicted octanol–water partition coefficient (Wildman–Crippen LogP) is 3.30. The van der Waals surface area contributed by atoms with Gasteiger partial charge in [0.05, 0.1) is 5.02 Å². The molecule has 2 nitrogen and oxygen atoms in total. The molecule has 1 aromatic carbocycles. The van der Waals surface area contributed by atoms with E-state index in [9.17, 15) is 4.39 Å². The van der Waals surface area contributed by atoms with Crippen LogP contribution in [0.25, 0.3) is 0 Å². The van der Waals surface area contributed by atoms with Gasteiger partial charge in [-0.25, -0.2) is 4.39 Å². The van der Waals surface area contributed by atoms with Gasteiger partial charge in [-0.3, -0.25) is 0 Å². The summed E-state index contributed by atoms with van der Waals surface area (Å²) in [5, 5.41) is 3.57. The molecule has 0 fully saturated rings. The molecule has 1 N–H and O–H groups in total. The zero-order chi connectivity index (χ0) is 13.5. The summed E-state index contributed by atoms with van der Waals surface area (Å²) in [5.41, 5.74) is 0.920. The third-order valence-electron chi connectivity index (χ3n) is 3.07. The number of nitrogens with one attached hydrogen (secondary N) is 1. The third kappa shape index (κ3) is 4.92. The van der Waals surface area contributed by atoms with Crippen LogP contribution in [0.4, 0.5) is 4.39 Å². The predicted molar refractivity (Wildman–Crippen MR) is 75.5 cm³/mol. The first-order valence-electron chi connectivity index (χ1n) is 6.46. The van der Waals surface area contributed by atoms with Crippen LogP contribution in [0, 0.1) is 5.82 Å². The zero-order valence-corrected chi connectivity index (χ0v) is 12.1. The van der Waals surface area contributed by atoms with Gasteiger partial charge in [0.25, 0.3) is 0 Å². The molecule has 1 aromatic rings. The Morgan fingerprint density at radius 1 is 1.33 bits per heavy atom. The van der Waals surface area contributed by atoms with Gasteiger partial charge in [-0.15, -0.1) is 0 Å². The van der Waals surface area contributed by atoms with Crippen molar-refractivity contribution >= 4 is 11.6 Å². The Hall–Kier alpha value is -0.640. The lowest BCUT2D eigenvalue weighted by atomic mass is 10.2. The van der Waals surface area contributed by atoms with Crippen LogP contribution in [0.1, 0.15) is 26.3 Å². The summed E-state index contributed by atoms with van der Waals surface area (Å²) < 4.78 is 13.3. The van der Waals surface area contributed by atoms with Crippen molar-refractivity contribution in [2.24, 2.45) is 0 Å². The average Bonchev–Trinajstić information content (AvgIpc) is 2.37. The van der Waals surface area contributed by atoms with Crippen molar-refractivity contribution in [2.75, 3.05) is 19.6 Å². The molecule has 1 atom stereocenters. The highest BCUT2D eigenvalue weighted by Crippen LogP contribution is 2.15. The van der Waals surface area contributed by atoms with Gasteiger partial charge in [0, 0.05) is 19.1 Å². The number of nitrogens with zero attached hydrogens (tertiary/aromatic N) is 1. The van der Waals surface area contributed by atoms with Crippen LogP contribution < -0.4 is 5.32 Å². The number of likely N-dealkylation sites (N-methyl/N-ethyl adjacent to an activating group) is 1. The summed E-state index contributed by atoms with van der Waals surface area (Å²) in [7, 11) is 0. The molecule has 0 aliphatic carbocycles. The molecule has 0 spiro atoms. The first-order valence-corrected chi connectivity index (χ1v) is 6.84. The van der Waals surface area contributed by atoms with Crippen molar-refractivity contribution in [3.8, 4) is 0 Å². The Balaban J connectivity index is 2.42. The molecule has 0 saturated heterocycles. The molecule has 0 radical (unpaired) electrons. The van der Waals surface area contributed by atoms with Crippen molar-refractivity contribution in [3.63, 3.8) is 0 Å². The van der Waals surface area contributed by atoms with Crippen LogP contribution in [0.15, 0.2) is 18.2 Å². The van der Waals surface area contributed by atoms with E-state index in [1.165, 1.54) is 6.07 Å². The Morgan fingerprint density at radius 2 is 2.00 bits per heavy atom. The molecule has 0 aromatic heterocycles. The fourth-order valence-electron chi connectivity index (χ4n) is 1.88. The molecule has 1 rings (SSSR count). The summed E-state index contributed by atoms with van der Waals surface area (Å²) in [6.45, 7) is 10.2. The minimum absolute atomic E-state index is 0.176. The molecular formula is C14H22ClFN2. The second-order valence-electron chi connectivity index (χ2n) is 4.52. The molecule has 102 valence electrons. The van der Waals surface area contributed by atoms with Gasteiger partial charge in [-0.05, 0) is 37.7 Å². The minimum atomic E-state index is -0.354. The lowest BCUT2D eigenvalue weighted by Crippen LogP contribution is -2.38. The van der Waals surface area contributed by atoms with Crippen LogP contribution in [0.3, 0.4) is 0 Å². The zero-order valence-electron chi connectivity index (χ0n) is 11.3. The van der Waals surface area contributed by atoms with Crippen LogP contribution >= 0.6 is 11.6 Å². The van der Waals surface area contributed by atoms with Gasteiger partial charge < -0.3 is 10.2 Å². The second-order valence-corrected chi connectivity index (χ2v) is 4.92. The summed E-state index contributed by atoms with van der Waals surface area (Å²) in [5.74, 6) is -0.354.